The number of amides is 1. The second-order valence-electron chi connectivity index (χ2n) is 9.17. The standard InChI is InChI=1S/C28H26N4O3S2/c33-27(31-17-14-21-10-12-24(19-25(21)31)37(34,35)30-15-4-5-16-30)13-11-22-20-32(23-7-2-1-3-8-23)29-28(22)26-9-6-18-36-26/h1-3,6-13,18-20H,4-5,14-17H2. The smallest absolute Gasteiger partial charge is 0.251 e. The van der Waals surface area contributed by atoms with Gasteiger partial charge in [-0.15, -0.1) is 11.3 Å². The summed E-state index contributed by atoms with van der Waals surface area (Å²) in [5.41, 5.74) is 4.24. The van der Waals surface area contributed by atoms with Gasteiger partial charge in [0, 0.05) is 43.2 Å². The van der Waals surface area contributed by atoms with Gasteiger partial charge in [-0.05, 0) is 66.6 Å². The van der Waals surface area contributed by atoms with Crippen LogP contribution in [0.3, 0.4) is 0 Å². The number of carbonyl (C=O) groups is 1. The Bertz CT molecular complexity index is 1570. The van der Waals surface area contributed by atoms with Gasteiger partial charge < -0.3 is 4.90 Å². The Morgan fingerprint density at radius 2 is 1.78 bits per heavy atom. The summed E-state index contributed by atoms with van der Waals surface area (Å²) < 4.78 is 29.5. The van der Waals surface area contributed by atoms with Crippen LogP contribution in [-0.2, 0) is 21.2 Å². The molecule has 0 bridgehead atoms. The van der Waals surface area contributed by atoms with Crippen molar-refractivity contribution in [2.45, 2.75) is 24.2 Å². The Morgan fingerprint density at radius 1 is 0.973 bits per heavy atom. The molecule has 1 amide bonds. The number of para-hydroxylation sites is 1. The van der Waals surface area contributed by atoms with Crippen molar-refractivity contribution >= 4 is 39.0 Å². The third-order valence-corrected chi connectivity index (χ3v) is 9.62. The predicted molar refractivity (Wildman–Crippen MR) is 146 cm³/mol. The van der Waals surface area contributed by atoms with Crippen LogP contribution >= 0.6 is 11.3 Å². The number of anilines is 1. The van der Waals surface area contributed by atoms with Crippen LogP contribution < -0.4 is 4.90 Å². The monoisotopic (exact) mass is 530 g/mol. The fourth-order valence-electron chi connectivity index (χ4n) is 4.90. The molecule has 4 heterocycles. The quantitative estimate of drug-likeness (QED) is 0.329. The molecule has 4 aromatic rings. The molecule has 1 saturated heterocycles. The largest absolute Gasteiger partial charge is 0.308 e. The van der Waals surface area contributed by atoms with E-state index < -0.39 is 10.0 Å². The van der Waals surface area contributed by atoms with Crippen molar-refractivity contribution in [3.05, 3.63) is 89.4 Å². The molecule has 2 aromatic heterocycles. The summed E-state index contributed by atoms with van der Waals surface area (Å²) in [5.74, 6) is -0.181. The summed E-state index contributed by atoms with van der Waals surface area (Å²) in [4.78, 5) is 16.3. The topological polar surface area (TPSA) is 75.5 Å². The minimum absolute atomic E-state index is 0.181. The van der Waals surface area contributed by atoms with Gasteiger partial charge in [0.05, 0.1) is 15.5 Å². The van der Waals surface area contributed by atoms with Gasteiger partial charge in [0.15, 0.2) is 0 Å². The lowest BCUT2D eigenvalue weighted by molar-refractivity contribution is -0.114. The molecule has 37 heavy (non-hydrogen) atoms. The average molecular weight is 531 g/mol. The lowest BCUT2D eigenvalue weighted by Gasteiger charge is -2.19. The van der Waals surface area contributed by atoms with Crippen LogP contribution in [0.4, 0.5) is 5.69 Å². The molecule has 2 aliphatic rings. The van der Waals surface area contributed by atoms with E-state index in [0.717, 1.165) is 40.2 Å². The Balaban J connectivity index is 1.29. The van der Waals surface area contributed by atoms with Crippen molar-refractivity contribution in [2.24, 2.45) is 0 Å². The first-order valence-corrected chi connectivity index (χ1v) is 14.6. The van der Waals surface area contributed by atoms with E-state index in [9.17, 15) is 13.2 Å². The number of benzene rings is 2. The lowest BCUT2D eigenvalue weighted by Crippen LogP contribution is -2.29. The number of fused-ring (bicyclic) bond motifs is 1. The number of carbonyl (C=O) groups excluding carboxylic acids is 1. The van der Waals surface area contributed by atoms with Gasteiger partial charge in [0.2, 0.25) is 10.0 Å². The molecule has 2 aliphatic heterocycles. The number of rotatable bonds is 6. The third kappa shape index (κ3) is 4.54. The van der Waals surface area contributed by atoms with E-state index in [4.69, 9.17) is 5.10 Å². The predicted octanol–water partition coefficient (Wildman–Crippen LogP) is 4.99. The molecule has 9 heteroatoms. The summed E-state index contributed by atoms with van der Waals surface area (Å²) in [6.07, 6.45) is 7.74. The van der Waals surface area contributed by atoms with Gasteiger partial charge in [-0.1, -0.05) is 30.3 Å². The van der Waals surface area contributed by atoms with Gasteiger partial charge in [0.1, 0.15) is 5.69 Å². The third-order valence-electron chi connectivity index (χ3n) is 6.84. The highest BCUT2D eigenvalue weighted by Gasteiger charge is 2.30. The van der Waals surface area contributed by atoms with Crippen LogP contribution in [0.2, 0.25) is 0 Å². The van der Waals surface area contributed by atoms with Crippen LogP contribution in [0.15, 0.2) is 83.2 Å². The van der Waals surface area contributed by atoms with Crippen LogP contribution in [0, 0.1) is 0 Å². The molecule has 2 aromatic carbocycles. The molecule has 0 saturated carbocycles. The number of nitrogens with zero attached hydrogens (tertiary/aromatic N) is 4. The molecule has 0 radical (unpaired) electrons. The maximum atomic E-state index is 13.3. The lowest BCUT2D eigenvalue weighted by atomic mass is 10.2. The van der Waals surface area contributed by atoms with Crippen LogP contribution in [-0.4, -0.2) is 48.0 Å². The summed E-state index contributed by atoms with van der Waals surface area (Å²) in [6.45, 7) is 1.62. The van der Waals surface area contributed by atoms with Crippen LogP contribution in [0.5, 0.6) is 0 Å². The molecular weight excluding hydrogens is 504 g/mol. The summed E-state index contributed by atoms with van der Waals surface area (Å²) in [5, 5.41) is 6.79. The molecule has 0 N–H and O–H groups in total. The Labute approximate surface area is 220 Å². The van der Waals surface area contributed by atoms with E-state index in [1.54, 1.807) is 40.5 Å². The maximum Gasteiger partial charge on any atom is 0.251 e. The molecule has 0 atom stereocenters. The molecule has 1 fully saturated rings. The van der Waals surface area contributed by atoms with Crippen molar-refractivity contribution in [1.29, 1.82) is 0 Å². The number of hydrogen-bond donors (Lipinski definition) is 0. The van der Waals surface area contributed by atoms with Gasteiger partial charge in [-0.2, -0.15) is 9.40 Å². The van der Waals surface area contributed by atoms with Crippen molar-refractivity contribution < 1.29 is 13.2 Å². The molecular formula is C28H26N4O3S2. The molecule has 0 aliphatic carbocycles. The molecule has 0 unspecified atom stereocenters. The van der Waals surface area contributed by atoms with Gasteiger partial charge in [-0.25, -0.2) is 13.1 Å². The zero-order chi connectivity index (χ0) is 25.4. The van der Waals surface area contributed by atoms with Crippen LogP contribution in [0.25, 0.3) is 22.3 Å². The van der Waals surface area contributed by atoms with Crippen molar-refractivity contribution in [2.75, 3.05) is 24.5 Å². The zero-order valence-corrected chi connectivity index (χ0v) is 21.8. The first kappa shape index (κ1) is 23.8. The average Bonchev–Trinajstić information content (AvgIpc) is 3.74. The van der Waals surface area contributed by atoms with Crippen molar-refractivity contribution in [3.63, 3.8) is 0 Å². The SMILES string of the molecule is O=C(C=Cc1cn(-c2ccccc2)nc1-c1cccs1)N1CCc2ccc(S(=O)(=O)N3CCCC3)cc21. The number of aromatic nitrogens is 2. The minimum Gasteiger partial charge on any atom is -0.308 e. The fourth-order valence-corrected chi connectivity index (χ4v) is 7.17. The fraction of sp³-hybridized carbons (Fsp3) is 0.214. The Kier molecular flexibility index (Phi) is 6.27. The van der Waals surface area contributed by atoms with Gasteiger partial charge >= 0.3 is 0 Å². The summed E-state index contributed by atoms with van der Waals surface area (Å²) in [6, 6.07) is 19.0. The number of thiophene rings is 1. The molecule has 7 nitrogen and oxygen atoms in total. The molecule has 6 rings (SSSR count). The van der Waals surface area contributed by atoms with E-state index in [1.807, 2.05) is 64.8 Å². The maximum absolute atomic E-state index is 13.3. The zero-order valence-electron chi connectivity index (χ0n) is 20.2. The summed E-state index contributed by atoms with van der Waals surface area (Å²) >= 11 is 1.60. The van der Waals surface area contributed by atoms with E-state index in [-0.39, 0.29) is 10.8 Å². The Hall–Kier alpha value is -3.53. The van der Waals surface area contributed by atoms with Crippen molar-refractivity contribution in [3.8, 4) is 16.3 Å². The highest BCUT2D eigenvalue weighted by atomic mass is 32.2. The van der Waals surface area contributed by atoms with Crippen molar-refractivity contribution in [1.82, 2.24) is 14.1 Å². The first-order chi connectivity index (χ1) is 18.0. The van der Waals surface area contributed by atoms with Gasteiger partial charge in [-0.3, -0.25) is 4.79 Å². The highest BCUT2D eigenvalue weighted by molar-refractivity contribution is 7.89. The highest BCUT2D eigenvalue weighted by Crippen LogP contribution is 2.33. The molecule has 0 spiro atoms. The second kappa shape index (κ2) is 9.74. The van der Waals surface area contributed by atoms with Gasteiger partial charge in [0.25, 0.3) is 5.91 Å². The van der Waals surface area contributed by atoms with E-state index in [1.165, 1.54) is 4.31 Å². The van der Waals surface area contributed by atoms with Crippen LogP contribution in [0.1, 0.15) is 24.0 Å². The molecule has 188 valence electrons. The van der Waals surface area contributed by atoms with E-state index in [2.05, 4.69) is 0 Å². The second-order valence-corrected chi connectivity index (χ2v) is 12.1. The Morgan fingerprint density at radius 3 is 2.54 bits per heavy atom. The normalized spacial score (nSPS) is 16.1. The van der Waals surface area contributed by atoms with E-state index >= 15 is 0 Å². The number of hydrogen-bond acceptors (Lipinski definition) is 5. The van der Waals surface area contributed by atoms with E-state index in [0.29, 0.717) is 31.7 Å². The first-order valence-electron chi connectivity index (χ1n) is 12.3. The summed E-state index contributed by atoms with van der Waals surface area (Å²) in [7, 11) is -3.55. The minimum atomic E-state index is -3.55. The number of sulfonamides is 1.